The number of carbonyl (C=O) groups is 1. The Morgan fingerprint density at radius 1 is 1.57 bits per heavy atom. The number of aliphatic hydroxyl groups excluding tert-OH is 1. The maximum Gasteiger partial charge on any atom is 0.308 e. The molecule has 0 spiro atoms. The highest BCUT2D eigenvalue weighted by atomic mass is 16.4. The van der Waals surface area contributed by atoms with Crippen LogP contribution in [0.25, 0.3) is 0 Å². The minimum absolute atomic E-state index is 0.169. The van der Waals surface area contributed by atoms with Gasteiger partial charge < -0.3 is 15.1 Å². The third kappa shape index (κ3) is 2.69. The van der Waals surface area contributed by atoms with Crippen molar-refractivity contribution in [2.45, 2.75) is 13.8 Å². The van der Waals surface area contributed by atoms with Gasteiger partial charge in [-0.3, -0.25) is 4.79 Å². The predicted molar refractivity (Wildman–Crippen MR) is 53.0 cm³/mol. The highest BCUT2D eigenvalue weighted by Gasteiger charge is 2.34. The van der Waals surface area contributed by atoms with Crippen LogP contribution in [0.4, 0.5) is 0 Å². The van der Waals surface area contributed by atoms with E-state index in [1.165, 1.54) is 0 Å². The zero-order valence-electron chi connectivity index (χ0n) is 8.81. The Morgan fingerprint density at radius 2 is 2.21 bits per heavy atom. The summed E-state index contributed by atoms with van der Waals surface area (Å²) in [5, 5.41) is 17.8. The summed E-state index contributed by atoms with van der Waals surface area (Å²) in [5.41, 5.74) is 0. The quantitative estimate of drug-likeness (QED) is 0.685. The molecule has 0 amide bonds. The molecule has 0 saturated carbocycles. The lowest BCUT2D eigenvalue weighted by molar-refractivity contribution is -0.142. The Kier molecular flexibility index (Phi) is 3.89. The molecule has 1 unspecified atom stereocenters. The van der Waals surface area contributed by atoms with E-state index in [-0.39, 0.29) is 24.4 Å². The lowest BCUT2D eigenvalue weighted by Crippen LogP contribution is -2.29. The number of likely N-dealkylation sites (tertiary alicyclic amines) is 1. The van der Waals surface area contributed by atoms with E-state index in [4.69, 9.17) is 10.2 Å². The van der Waals surface area contributed by atoms with Crippen molar-refractivity contribution in [3.05, 3.63) is 0 Å². The largest absolute Gasteiger partial charge is 0.481 e. The number of hydrogen-bond acceptors (Lipinski definition) is 3. The second kappa shape index (κ2) is 4.75. The standard InChI is InChI=1S/C10H19NO3/c1-7(6-12)3-11-4-8(2)9(5-11)10(13)14/h7-9,12H,3-6H2,1-2H3,(H,13,14)/t7?,8-,9-/m1/s1. The summed E-state index contributed by atoms with van der Waals surface area (Å²) in [5.74, 6) is -0.481. The van der Waals surface area contributed by atoms with Crippen LogP contribution in [0.5, 0.6) is 0 Å². The van der Waals surface area contributed by atoms with Crippen molar-refractivity contribution in [2.24, 2.45) is 17.8 Å². The molecule has 0 aliphatic carbocycles. The lowest BCUT2D eigenvalue weighted by atomic mass is 9.99. The number of carboxylic acids is 1. The van der Waals surface area contributed by atoms with Crippen LogP contribution in [-0.4, -0.2) is 47.3 Å². The smallest absolute Gasteiger partial charge is 0.308 e. The summed E-state index contributed by atoms with van der Waals surface area (Å²) in [6.07, 6.45) is 0. The Balaban J connectivity index is 2.42. The molecule has 0 bridgehead atoms. The maximum atomic E-state index is 10.8. The van der Waals surface area contributed by atoms with Crippen molar-refractivity contribution < 1.29 is 15.0 Å². The van der Waals surface area contributed by atoms with E-state index in [0.717, 1.165) is 13.1 Å². The zero-order chi connectivity index (χ0) is 10.7. The predicted octanol–water partition coefficient (Wildman–Crippen LogP) is 0.267. The number of aliphatic hydroxyl groups is 1. The molecule has 0 aromatic rings. The summed E-state index contributed by atoms with van der Waals surface area (Å²) in [4.78, 5) is 13.0. The van der Waals surface area contributed by atoms with Crippen LogP contribution in [0, 0.1) is 17.8 Å². The first-order chi connectivity index (χ1) is 6.54. The second-order valence-electron chi connectivity index (χ2n) is 4.43. The molecule has 1 saturated heterocycles. The first-order valence-electron chi connectivity index (χ1n) is 5.10. The van der Waals surface area contributed by atoms with Crippen molar-refractivity contribution in [2.75, 3.05) is 26.2 Å². The summed E-state index contributed by atoms with van der Waals surface area (Å²) < 4.78 is 0. The number of rotatable bonds is 4. The van der Waals surface area contributed by atoms with Gasteiger partial charge in [0.2, 0.25) is 0 Å². The Hall–Kier alpha value is -0.610. The van der Waals surface area contributed by atoms with Gasteiger partial charge in [-0.2, -0.15) is 0 Å². The van der Waals surface area contributed by atoms with Crippen molar-refractivity contribution in [1.29, 1.82) is 0 Å². The third-order valence-electron chi connectivity index (χ3n) is 2.89. The van der Waals surface area contributed by atoms with E-state index in [2.05, 4.69) is 4.90 Å². The molecule has 3 atom stereocenters. The Morgan fingerprint density at radius 3 is 2.64 bits per heavy atom. The van der Waals surface area contributed by atoms with E-state index >= 15 is 0 Å². The molecule has 2 N–H and O–H groups in total. The third-order valence-corrected chi connectivity index (χ3v) is 2.89. The molecule has 1 heterocycles. The van der Waals surface area contributed by atoms with Gasteiger partial charge in [-0.1, -0.05) is 13.8 Å². The van der Waals surface area contributed by atoms with Crippen LogP contribution < -0.4 is 0 Å². The van der Waals surface area contributed by atoms with Crippen molar-refractivity contribution in [1.82, 2.24) is 4.90 Å². The Labute approximate surface area is 84.5 Å². The summed E-state index contributed by atoms with van der Waals surface area (Å²) in [6, 6.07) is 0. The molecule has 0 aromatic carbocycles. The number of hydrogen-bond donors (Lipinski definition) is 2. The molecular formula is C10H19NO3. The van der Waals surface area contributed by atoms with Crippen molar-refractivity contribution in [3.63, 3.8) is 0 Å². The Bertz CT molecular complexity index is 208. The average molecular weight is 201 g/mol. The average Bonchev–Trinajstić information content (AvgIpc) is 2.46. The minimum Gasteiger partial charge on any atom is -0.481 e. The van der Waals surface area contributed by atoms with Gasteiger partial charge in [-0.15, -0.1) is 0 Å². The SMILES string of the molecule is CC(CO)CN1C[C@@H](C)[C@H](C(=O)O)C1. The molecule has 1 fully saturated rings. The first-order valence-corrected chi connectivity index (χ1v) is 5.10. The fourth-order valence-electron chi connectivity index (χ4n) is 2.04. The van der Waals surface area contributed by atoms with E-state index in [1.807, 2.05) is 13.8 Å². The molecular weight excluding hydrogens is 182 g/mol. The van der Waals surface area contributed by atoms with Gasteiger partial charge in [0, 0.05) is 26.2 Å². The van der Waals surface area contributed by atoms with Gasteiger partial charge in [0.15, 0.2) is 0 Å². The van der Waals surface area contributed by atoms with Crippen LogP contribution in [0.1, 0.15) is 13.8 Å². The number of carboxylic acid groups (broad SMARTS) is 1. The van der Waals surface area contributed by atoms with Gasteiger partial charge in [0.25, 0.3) is 0 Å². The monoisotopic (exact) mass is 201 g/mol. The van der Waals surface area contributed by atoms with E-state index < -0.39 is 5.97 Å². The fraction of sp³-hybridized carbons (Fsp3) is 0.900. The van der Waals surface area contributed by atoms with Crippen LogP contribution in [0.3, 0.4) is 0 Å². The van der Waals surface area contributed by atoms with E-state index in [1.54, 1.807) is 0 Å². The molecule has 1 rings (SSSR count). The first kappa shape index (κ1) is 11.5. The summed E-state index contributed by atoms with van der Waals surface area (Å²) in [7, 11) is 0. The van der Waals surface area contributed by atoms with Gasteiger partial charge in [0.1, 0.15) is 0 Å². The molecule has 1 aliphatic rings. The highest BCUT2D eigenvalue weighted by Crippen LogP contribution is 2.23. The van der Waals surface area contributed by atoms with Gasteiger partial charge >= 0.3 is 5.97 Å². The van der Waals surface area contributed by atoms with Crippen LogP contribution >= 0.6 is 0 Å². The summed E-state index contributed by atoms with van der Waals surface area (Å²) >= 11 is 0. The maximum absolute atomic E-state index is 10.8. The zero-order valence-corrected chi connectivity index (χ0v) is 8.81. The van der Waals surface area contributed by atoms with Gasteiger partial charge in [-0.25, -0.2) is 0 Å². The normalized spacial score (nSPS) is 30.5. The summed E-state index contributed by atoms with van der Waals surface area (Å²) in [6.45, 7) is 6.37. The molecule has 0 aromatic heterocycles. The molecule has 82 valence electrons. The van der Waals surface area contributed by atoms with Crippen LogP contribution in [-0.2, 0) is 4.79 Å². The van der Waals surface area contributed by atoms with E-state index in [0.29, 0.717) is 6.54 Å². The lowest BCUT2D eigenvalue weighted by Gasteiger charge is -2.18. The number of nitrogens with zero attached hydrogens (tertiary/aromatic N) is 1. The molecule has 14 heavy (non-hydrogen) atoms. The van der Waals surface area contributed by atoms with Gasteiger partial charge in [0.05, 0.1) is 5.92 Å². The van der Waals surface area contributed by atoms with Crippen molar-refractivity contribution in [3.8, 4) is 0 Å². The molecule has 0 radical (unpaired) electrons. The van der Waals surface area contributed by atoms with Crippen LogP contribution in [0.15, 0.2) is 0 Å². The molecule has 4 nitrogen and oxygen atoms in total. The molecule has 1 aliphatic heterocycles. The van der Waals surface area contributed by atoms with Crippen molar-refractivity contribution >= 4 is 5.97 Å². The minimum atomic E-state index is -0.698. The fourth-order valence-corrected chi connectivity index (χ4v) is 2.04. The molecule has 4 heteroatoms. The van der Waals surface area contributed by atoms with E-state index in [9.17, 15) is 4.79 Å². The van der Waals surface area contributed by atoms with Crippen LogP contribution in [0.2, 0.25) is 0 Å². The number of aliphatic carboxylic acids is 1. The van der Waals surface area contributed by atoms with Gasteiger partial charge in [-0.05, 0) is 11.8 Å². The second-order valence-corrected chi connectivity index (χ2v) is 4.43. The highest BCUT2D eigenvalue weighted by molar-refractivity contribution is 5.71. The topological polar surface area (TPSA) is 60.8 Å².